The summed E-state index contributed by atoms with van der Waals surface area (Å²) < 4.78 is 14.7. The monoisotopic (exact) mass is 337 g/mol. The Balaban J connectivity index is 1.73. The van der Waals surface area contributed by atoms with Gasteiger partial charge < -0.3 is 9.64 Å². The van der Waals surface area contributed by atoms with Crippen molar-refractivity contribution in [3.63, 3.8) is 0 Å². The molecule has 0 spiro atoms. The minimum atomic E-state index is 0.477. The summed E-state index contributed by atoms with van der Waals surface area (Å²) in [6.45, 7) is 4.97. The molecule has 1 aromatic carbocycles. The molecule has 2 atom stereocenters. The Morgan fingerprint density at radius 2 is 1.86 bits per heavy atom. The van der Waals surface area contributed by atoms with Gasteiger partial charge in [0.1, 0.15) is 6.61 Å². The van der Waals surface area contributed by atoms with E-state index in [1.54, 1.807) is 0 Å². The number of hydrogen-bond acceptors (Lipinski definition) is 5. The summed E-state index contributed by atoms with van der Waals surface area (Å²) in [7, 11) is 0. The van der Waals surface area contributed by atoms with Crippen molar-refractivity contribution in [2.45, 2.75) is 51.8 Å². The average molecular weight is 338 g/mol. The first kappa shape index (κ1) is 15.6. The van der Waals surface area contributed by atoms with E-state index in [9.17, 15) is 0 Å². The lowest BCUT2D eigenvalue weighted by atomic mass is 9.98. The fourth-order valence-corrected chi connectivity index (χ4v) is 3.62. The Morgan fingerprint density at radius 3 is 2.55 bits per heavy atom. The molecular weight excluding hydrogens is 318 g/mol. The van der Waals surface area contributed by atoms with Gasteiger partial charge in [-0.25, -0.2) is 0 Å². The van der Waals surface area contributed by atoms with Gasteiger partial charge >= 0.3 is 0 Å². The van der Waals surface area contributed by atoms with Crippen LogP contribution in [0.25, 0.3) is 0 Å². The molecular formula is C16H20ClN3OS. The van der Waals surface area contributed by atoms with Crippen molar-refractivity contribution >= 4 is 29.1 Å². The summed E-state index contributed by atoms with van der Waals surface area (Å²) in [6, 6.07) is 8.63. The molecule has 0 saturated carbocycles. The highest BCUT2D eigenvalue weighted by atomic mass is 35.5. The van der Waals surface area contributed by atoms with Crippen LogP contribution in [0, 0.1) is 0 Å². The second-order valence-electron chi connectivity index (χ2n) is 5.84. The zero-order valence-corrected chi connectivity index (χ0v) is 14.4. The summed E-state index contributed by atoms with van der Waals surface area (Å²) >= 11 is 7.12. The van der Waals surface area contributed by atoms with Gasteiger partial charge in [-0.1, -0.05) is 23.7 Å². The number of halogens is 1. The van der Waals surface area contributed by atoms with Crippen molar-refractivity contribution in [2.75, 3.05) is 4.90 Å². The van der Waals surface area contributed by atoms with E-state index in [1.807, 2.05) is 24.3 Å². The van der Waals surface area contributed by atoms with Crippen molar-refractivity contribution in [3.8, 4) is 5.88 Å². The second-order valence-corrected chi connectivity index (χ2v) is 6.81. The predicted octanol–water partition coefficient (Wildman–Crippen LogP) is 4.54. The van der Waals surface area contributed by atoms with E-state index in [2.05, 4.69) is 27.5 Å². The highest BCUT2D eigenvalue weighted by Crippen LogP contribution is 2.34. The minimum Gasteiger partial charge on any atom is -0.470 e. The van der Waals surface area contributed by atoms with Crippen LogP contribution in [-0.2, 0) is 6.61 Å². The van der Waals surface area contributed by atoms with E-state index in [4.69, 9.17) is 16.3 Å². The van der Waals surface area contributed by atoms with Crippen molar-refractivity contribution in [3.05, 3.63) is 34.9 Å². The summed E-state index contributed by atoms with van der Waals surface area (Å²) in [5, 5.41) is 0.732. The smallest absolute Gasteiger partial charge is 0.271 e. The van der Waals surface area contributed by atoms with Crippen molar-refractivity contribution in [2.24, 2.45) is 0 Å². The van der Waals surface area contributed by atoms with Crippen LogP contribution in [0.15, 0.2) is 24.3 Å². The lowest BCUT2D eigenvalue weighted by Gasteiger charge is -2.39. The van der Waals surface area contributed by atoms with Gasteiger partial charge in [0.15, 0.2) is 0 Å². The lowest BCUT2D eigenvalue weighted by Crippen LogP contribution is -2.44. The van der Waals surface area contributed by atoms with Crippen LogP contribution in [0.1, 0.15) is 38.7 Å². The van der Waals surface area contributed by atoms with Gasteiger partial charge in [-0.15, -0.1) is 4.37 Å². The largest absolute Gasteiger partial charge is 0.470 e. The molecule has 3 rings (SSSR count). The highest BCUT2D eigenvalue weighted by molar-refractivity contribution is 6.99. The van der Waals surface area contributed by atoms with Crippen molar-refractivity contribution < 1.29 is 4.74 Å². The number of piperidine rings is 1. The molecule has 0 bridgehead atoms. The summed E-state index contributed by atoms with van der Waals surface area (Å²) in [4.78, 5) is 2.35. The van der Waals surface area contributed by atoms with Crippen LogP contribution >= 0.6 is 23.3 Å². The van der Waals surface area contributed by atoms with Crippen LogP contribution in [0.5, 0.6) is 5.88 Å². The van der Waals surface area contributed by atoms with E-state index in [0.29, 0.717) is 24.6 Å². The van der Waals surface area contributed by atoms with Gasteiger partial charge in [-0.2, -0.15) is 4.37 Å². The molecule has 0 amide bonds. The van der Waals surface area contributed by atoms with Gasteiger partial charge in [0.05, 0.1) is 11.7 Å². The molecule has 1 saturated heterocycles. The number of aromatic nitrogens is 2. The van der Waals surface area contributed by atoms with E-state index < -0.39 is 0 Å². The van der Waals surface area contributed by atoms with Crippen LogP contribution in [-0.4, -0.2) is 20.8 Å². The maximum atomic E-state index is 5.91. The molecule has 0 N–H and O–H groups in total. The zero-order chi connectivity index (χ0) is 15.5. The van der Waals surface area contributed by atoms with Gasteiger partial charge in [0.2, 0.25) is 5.82 Å². The average Bonchev–Trinajstić information content (AvgIpc) is 2.95. The molecule has 2 unspecified atom stereocenters. The Hall–Kier alpha value is -1.33. The molecule has 118 valence electrons. The molecule has 22 heavy (non-hydrogen) atoms. The first-order chi connectivity index (χ1) is 10.6. The Labute approximate surface area is 140 Å². The molecule has 2 heterocycles. The molecule has 6 heteroatoms. The SMILES string of the molecule is CC1CCCC(C)N1c1nsnc1OCc1ccc(Cl)cc1. The lowest BCUT2D eigenvalue weighted by molar-refractivity contribution is 0.293. The van der Waals surface area contributed by atoms with Crippen LogP contribution < -0.4 is 9.64 Å². The van der Waals surface area contributed by atoms with Crippen LogP contribution in [0.3, 0.4) is 0 Å². The van der Waals surface area contributed by atoms with Gasteiger partial charge in [0, 0.05) is 17.1 Å². The third kappa shape index (κ3) is 3.36. The van der Waals surface area contributed by atoms with Crippen LogP contribution in [0.2, 0.25) is 5.02 Å². The fourth-order valence-electron chi connectivity index (χ4n) is 3.00. The Bertz CT molecular complexity index is 606. The van der Waals surface area contributed by atoms with E-state index in [1.165, 1.54) is 31.0 Å². The molecule has 1 fully saturated rings. The molecule has 1 aliphatic rings. The summed E-state index contributed by atoms with van der Waals surface area (Å²) in [5.74, 6) is 1.53. The minimum absolute atomic E-state index is 0.477. The Morgan fingerprint density at radius 1 is 1.18 bits per heavy atom. The van der Waals surface area contributed by atoms with Crippen LogP contribution in [0.4, 0.5) is 5.82 Å². The standard InChI is InChI=1S/C16H20ClN3OS/c1-11-4-3-5-12(2)20(11)15-16(19-22-18-15)21-10-13-6-8-14(17)9-7-13/h6-9,11-12H,3-5,10H2,1-2H3. The third-order valence-electron chi connectivity index (χ3n) is 4.17. The topological polar surface area (TPSA) is 38.2 Å². The summed E-state index contributed by atoms with van der Waals surface area (Å²) in [6.07, 6.45) is 3.66. The maximum absolute atomic E-state index is 5.91. The van der Waals surface area contributed by atoms with Gasteiger partial charge in [-0.05, 0) is 50.8 Å². The number of hydrogen-bond donors (Lipinski definition) is 0. The molecule has 4 nitrogen and oxygen atoms in total. The number of benzene rings is 1. The molecule has 2 aromatic rings. The fraction of sp³-hybridized carbons (Fsp3) is 0.500. The number of nitrogens with zero attached hydrogens (tertiary/aromatic N) is 3. The maximum Gasteiger partial charge on any atom is 0.271 e. The number of rotatable bonds is 4. The van der Waals surface area contributed by atoms with Crippen molar-refractivity contribution in [1.82, 2.24) is 8.75 Å². The molecule has 1 aliphatic heterocycles. The van der Waals surface area contributed by atoms with E-state index in [-0.39, 0.29) is 0 Å². The quantitative estimate of drug-likeness (QED) is 0.821. The van der Waals surface area contributed by atoms with Gasteiger partial charge in [-0.3, -0.25) is 0 Å². The first-order valence-electron chi connectivity index (χ1n) is 7.63. The summed E-state index contributed by atoms with van der Waals surface area (Å²) in [5.41, 5.74) is 1.07. The normalized spacial score (nSPS) is 21.9. The molecule has 0 radical (unpaired) electrons. The van der Waals surface area contributed by atoms with Crippen molar-refractivity contribution in [1.29, 1.82) is 0 Å². The molecule has 1 aromatic heterocycles. The predicted molar refractivity (Wildman–Crippen MR) is 90.9 cm³/mol. The highest BCUT2D eigenvalue weighted by Gasteiger charge is 2.29. The zero-order valence-electron chi connectivity index (χ0n) is 12.8. The third-order valence-corrected chi connectivity index (χ3v) is 4.92. The number of anilines is 1. The Kier molecular flexibility index (Phi) is 4.84. The first-order valence-corrected chi connectivity index (χ1v) is 8.74. The number of ether oxygens (including phenoxy) is 1. The molecule has 0 aliphatic carbocycles. The van der Waals surface area contributed by atoms with E-state index >= 15 is 0 Å². The van der Waals surface area contributed by atoms with E-state index in [0.717, 1.165) is 16.4 Å². The second kappa shape index (κ2) is 6.84. The van der Waals surface area contributed by atoms with Gasteiger partial charge in [0.25, 0.3) is 5.88 Å².